The zero-order valence-electron chi connectivity index (χ0n) is 20.3. The zero-order chi connectivity index (χ0) is 25.2. The van der Waals surface area contributed by atoms with Crippen LogP contribution in [0.1, 0.15) is 42.9 Å². The van der Waals surface area contributed by atoms with Crippen LogP contribution in [-0.2, 0) is 6.54 Å². The van der Waals surface area contributed by atoms with Gasteiger partial charge in [-0.2, -0.15) is 5.10 Å². The quantitative estimate of drug-likeness (QED) is 0.374. The van der Waals surface area contributed by atoms with Gasteiger partial charge in [-0.1, -0.05) is 18.2 Å². The summed E-state index contributed by atoms with van der Waals surface area (Å²) in [7, 11) is 0. The maximum Gasteiger partial charge on any atom is 0.264 e. The number of anilines is 2. The van der Waals surface area contributed by atoms with Crippen molar-refractivity contribution in [3.05, 3.63) is 76.8 Å². The first-order valence-electron chi connectivity index (χ1n) is 12.3. The normalized spacial score (nSPS) is 21.0. The molecule has 9 heteroatoms. The Morgan fingerprint density at radius 2 is 1.94 bits per heavy atom. The highest BCUT2D eigenvalue weighted by molar-refractivity contribution is 6.16. The Morgan fingerprint density at radius 3 is 2.58 bits per heavy atom. The van der Waals surface area contributed by atoms with E-state index in [-0.39, 0.29) is 11.3 Å². The molecule has 2 aromatic rings. The van der Waals surface area contributed by atoms with Crippen LogP contribution in [0.2, 0.25) is 0 Å². The zero-order valence-corrected chi connectivity index (χ0v) is 20.3. The maximum atomic E-state index is 15.2. The van der Waals surface area contributed by atoms with Gasteiger partial charge in [-0.15, -0.1) is 0 Å². The summed E-state index contributed by atoms with van der Waals surface area (Å²) < 4.78 is 42.9. The van der Waals surface area contributed by atoms with Crippen molar-refractivity contribution in [1.29, 1.82) is 0 Å². The molecule has 2 aromatic carbocycles. The molecule has 0 bridgehead atoms. The first kappa shape index (κ1) is 24.4. The molecule has 1 aliphatic carbocycles. The van der Waals surface area contributed by atoms with Crippen LogP contribution < -0.4 is 16.5 Å². The van der Waals surface area contributed by atoms with Gasteiger partial charge in [0, 0.05) is 67.4 Å². The van der Waals surface area contributed by atoms with Gasteiger partial charge >= 0.3 is 0 Å². The molecule has 36 heavy (non-hydrogen) atoms. The Morgan fingerprint density at radius 1 is 1.17 bits per heavy atom. The Labute approximate surface area is 209 Å². The molecule has 4 N–H and O–H groups in total. The van der Waals surface area contributed by atoms with Gasteiger partial charge < -0.3 is 21.4 Å². The predicted octanol–water partition coefficient (Wildman–Crippen LogP) is 4.95. The third-order valence-electron chi connectivity index (χ3n) is 6.94. The fraction of sp³-hybridized carbons (Fsp3) is 0.370. The fourth-order valence-electron chi connectivity index (χ4n) is 4.88. The van der Waals surface area contributed by atoms with Crippen molar-refractivity contribution in [2.24, 2.45) is 10.9 Å². The minimum Gasteiger partial charge on any atom is -0.353 e. The third kappa shape index (κ3) is 4.99. The number of nitrogens with two attached hydrogens (primary N) is 1. The summed E-state index contributed by atoms with van der Waals surface area (Å²) in [4.78, 5) is 4.22. The van der Waals surface area contributed by atoms with E-state index in [2.05, 4.69) is 25.5 Å². The molecule has 2 aliphatic heterocycles. The van der Waals surface area contributed by atoms with Gasteiger partial charge in [-0.05, 0) is 55.2 Å². The number of allylic oxidation sites excluding steroid dienone is 1. The van der Waals surface area contributed by atoms with E-state index < -0.39 is 12.2 Å². The number of rotatable bonds is 7. The number of piperazine rings is 1. The number of halogens is 3. The molecular weight excluding hydrogens is 465 g/mol. The van der Waals surface area contributed by atoms with E-state index >= 15 is 4.39 Å². The Hall–Kier alpha value is -3.30. The van der Waals surface area contributed by atoms with Gasteiger partial charge in [0.2, 0.25) is 0 Å². The molecule has 190 valence electrons. The molecule has 0 atom stereocenters. The van der Waals surface area contributed by atoms with E-state index in [1.54, 1.807) is 18.2 Å². The summed E-state index contributed by atoms with van der Waals surface area (Å²) in [5.74, 6) is 5.89. The lowest BCUT2D eigenvalue weighted by molar-refractivity contribution is 0.147. The van der Waals surface area contributed by atoms with Crippen LogP contribution in [0.15, 0.2) is 59.3 Å². The summed E-state index contributed by atoms with van der Waals surface area (Å²) in [6.07, 6.45) is 3.44. The second kappa shape index (κ2) is 10.4. The third-order valence-corrected chi connectivity index (χ3v) is 6.94. The number of hydrogen-bond acceptors (Lipinski definition) is 5. The monoisotopic (exact) mass is 496 g/mol. The van der Waals surface area contributed by atoms with Crippen LogP contribution in [0.3, 0.4) is 0 Å². The summed E-state index contributed by atoms with van der Waals surface area (Å²) in [5, 5.41) is 10.2. The van der Waals surface area contributed by atoms with E-state index in [1.165, 1.54) is 12.1 Å². The SMILES string of the molecule is C/C=C1/C(c2ccc(Nc3ccc(CN4CCNCC4)c(C(F)F)c3)c(F)c2)=CN(C2CC2)/C1=N/N. The molecule has 1 saturated carbocycles. The topological polar surface area (TPSA) is 68.9 Å². The molecule has 0 aromatic heterocycles. The summed E-state index contributed by atoms with van der Waals surface area (Å²) in [5.41, 5.74) is 3.64. The van der Waals surface area contributed by atoms with Crippen molar-refractivity contribution in [2.75, 3.05) is 31.5 Å². The summed E-state index contributed by atoms with van der Waals surface area (Å²) in [6, 6.07) is 10.1. The van der Waals surface area contributed by atoms with E-state index in [9.17, 15) is 8.78 Å². The van der Waals surface area contributed by atoms with E-state index in [0.717, 1.165) is 50.2 Å². The number of amidine groups is 1. The predicted molar refractivity (Wildman–Crippen MR) is 137 cm³/mol. The fourth-order valence-corrected chi connectivity index (χ4v) is 4.88. The number of hydrogen-bond donors (Lipinski definition) is 3. The molecule has 2 heterocycles. The minimum atomic E-state index is -2.61. The second-order valence-corrected chi connectivity index (χ2v) is 9.40. The highest BCUT2D eigenvalue weighted by atomic mass is 19.3. The Kier molecular flexibility index (Phi) is 7.02. The van der Waals surface area contributed by atoms with Gasteiger partial charge in [0.1, 0.15) is 5.82 Å². The average molecular weight is 497 g/mol. The highest BCUT2D eigenvalue weighted by Crippen LogP contribution is 2.39. The van der Waals surface area contributed by atoms with Crippen molar-refractivity contribution < 1.29 is 13.2 Å². The Balaban J connectivity index is 1.36. The van der Waals surface area contributed by atoms with E-state index in [1.807, 2.05) is 25.3 Å². The van der Waals surface area contributed by atoms with Crippen molar-refractivity contribution in [2.45, 2.75) is 38.8 Å². The molecule has 0 radical (unpaired) electrons. The average Bonchev–Trinajstić information content (AvgIpc) is 3.66. The van der Waals surface area contributed by atoms with Crippen molar-refractivity contribution in [1.82, 2.24) is 15.1 Å². The van der Waals surface area contributed by atoms with E-state index in [4.69, 9.17) is 5.84 Å². The molecule has 0 unspecified atom stereocenters. The molecular formula is C27H31F3N6. The molecule has 3 aliphatic rings. The van der Waals surface area contributed by atoms with Crippen molar-refractivity contribution >= 4 is 22.8 Å². The molecule has 0 amide bonds. The molecule has 6 nitrogen and oxygen atoms in total. The number of benzene rings is 2. The van der Waals surface area contributed by atoms with E-state index in [0.29, 0.717) is 35.2 Å². The summed E-state index contributed by atoms with van der Waals surface area (Å²) in [6.45, 7) is 5.72. The number of hydrazone groups is 1. The lowest BCUT2D eigenvalue weighted by Gasteiger charge is -2.28. The molecule has 2 fully saturated rings. The highest BCUT2D eigenvalue weighted by Gasteiger charge is 2.37. The van der Waals surface area contributed by atoms with Crippen LogP contribution in [0.4, 0.5) is 24.5 Å². The largest absolute Gasteiger partial charge is 0.353 e. The second-order valence-electron chi connectivity index (χ2n) is 9.40. The first-order chi connectivity index (χ1) is 17.5. The molecule has 0 spiro atoms. The van der Waals surface area contributed by atoms with Crippen LogP contribution >= 0.6 is 0 Å². The van der Waals surface area contributed by atoms with Crippen molar-refractivity contribution in [3.63, 3.8) is 0 Å². The summed E-state index contributed by atoms with van der Waals surface area (Å²) >= 11 is 0. The van der Waals surface area contributed by atoms with Crippen LogP contribution in [0.25, 0.3) is 5.57 Å². The Bertz CT molecular complexity index is 1210. The van der Waals surface area contributed by atoms with Crippen LogP contribution in [0.5, 0.6) is 0 Å². The number of alkyl halides is 2. The molecule has 5 rings (SSSR count). The smallest absolute Gasteiger partial charge is 0.264 e. The van der Waals surface area contributed by atoms with Crippen molar-refractivity contribution in [3.8, 4) is 0 Å². The lowest BCUT2D eigenvalue weighted by atomic mass is 9.99. The van der Waals surface area contributed by atoms with Gasteiger partial charge in [0.25, 0.3) is 6.43 Å². The first-order valence-corrected chi connectivity index (χ1v) is 12.3. The standard InChI is InChI=1S/C27H31F3N6/c1-2-21-23(16-36(20-6-7-20)27(21)34-31)17-4-8-25(24(28)13-17)33-19-5-3-18(22(14-19)26(29)30)15-35-11-9-32-10-12-35/h2-5,8,13-14,16,20,26,32-33H,6-7,9-12,15,31H2,1H3/b21-2-,34-27+. The molecule has 1 saturated heterocycles. The number of nitrogens with zero attached hydrogens (tertiary/aromatic N) is 3. The lowest BCUT2D eigenvalue weighted by Crippen LogP contribution is -2.43. The van der Waals surface area contributed by atoms with Gasteiger partial charge in [-0.3, -0.25) is 4.90 Å². The van der Waals surface area contributed by atoms with Crippen LogP contribution in [-0.4, -0.2) is 47.9 Å². The van der Waals surface area contributed by atoms with Gasteiger partial charge in [0.15, 0.2) is 5.84 Å². The van der Waals surface area contributed by atoms with Crippen LogP contribution in [0, 0.1) is 5.82 Å². The number of nitrogens with one attached hydrogen (secondary N) is 2. The van der Waals surface area contributed by atoms with Gasteiger partial charge in [0.05, 0.1) is 5.69 Å². The van der Waals surface area contributed by atoms with Gasteiger partial charge in [-0.25, -0.2) is 13.2 Å². The maximum absolute atomic E-state index is 15.2. The minimum absolute atomic E-state index is 0.0295.